The fourth-order valence-electron chi connectivity index (χ4n) is 5.49. The summed E-state index contributed by atoms with van der Waals surface area (Å²) in [5.74, 6) is -0.233. The van der Waals surface area contributed by atoms with Gasteiger partial charge in [0.25, 0.3) is 11.8 Å². The predicted octanol–water partition coefficient (Wildman–Crippen LogP) is 2.49. The van der Waals surface area contributed by atoms with E-state index in [4.69, 9.17) is 4.74 Å². The van der Waals surface area contributed by atoms with Crippen LogP contribution in [-0.2, 0) is 17.2 Å². The number of methoxy groups -OCH3 is 1. The molecule has 0 unspecified atom stereocenters. The molecule has 170 valence electrons. The summed E-state index contributed by atoms with van der Waals surface area (Å²) in [4.78, 5) is 32.1. The summed E-state index contributed by atoms with van der Waals surface area (Å²) in [6, 6.07) is 15.0. The van der Waals surface area contributed by atoms with Crippen LogP contribution in [0.15, 0.2) is 60.9 Å². The van der Waals surface area contributed by atoms with Crippen LogP contribution in [0.3, 0.4) is 0 Å². The molecule has 1 aliphatic carbocycles. The van der Waals surface area contributed by atoms with Crippen molar-refractivity contribution in [2.75, 3.05) is 20.2 Å². The summed E-state index contributed by atoms with van der Waals surface area (Å²) in [5, 5.41) is 7.29. The minimum Gasteiger partial charge on any atom is -0.378 e. The van der Waals surface area contributed by atoms with Gasteiger partial charge in [-0.3, -0.25) is 19.3 Å². The summed E-state index contributed by atoms with van der Waals surface area (Å²) >= 11 is 0. The number of nitrogens with one attached hydrogen (secondary N) is 1. The van der Waals surface area contributed by atoms with E-state index >= 15 is 0 Å². The maximum Gasteiger partial charge on any atom is 0.272 e. The molecule has 1 aromatic carbocycles. The molecule has 1 spiro atoms. The second-order valence-corrected chi connectivity index (χ2v) is 8.70. The number of piperidine rings is 1. The number of aryl methyl sites for hydroxylation is 1. The molecule has 2 atom stereocenters. The smallest absolute Gasteiger partial charge is 0.272 e. The van der Waals surface area contributed by atoms with Crippen LogP contribution in [0.1, 0.15) is 51.0 Å². The maximum atomic E-state index is 13.0. The van der Waals surface area contributed by atoms with Crippen molar-refractivity contribution in [3.8, 4) is 0 Å². The number of fused-ring (bicyclic) bond motifs is 2. The van der Waals surface area contributed by atoms with Crippen LogP contribution in [0.5, 0.6) is 0 Å². The molecular formula is C25H27N5O3. The van der Waals surface area contributed by atoms with Crippen LogP contribution in [0, 0.1) is 0 Å². The summed E-state index contributed by atoms with van der Waals surface area (Å²) in [6.45, 7) is 1.22. The first kappa shape index (κ1) is 21.3. The molecule has 2 aliphatic rings. The van der Waals surface area contributed by atoms with E-state index < -0.39 is 0 Å². The minimum absolute atomic E-state index is 0.00916. The summed E-state index contributed by atoms with van der Waals surface area (Å²) in [6.07, 6.45) is 4.52. The van der Waals surface area contributed by atoms with Crippen molar-refractivity contribution in [2.45, 2.75) is 30.4 Å². The van der Waals surface area contributed by atoms with Gasteiger partial charge in [0, 0.05) is 45.1 Å². The third-order valence-electron chi connectivity index (χ3n) is 7.10. The lowest BCUT2D eigenvalue weighted by molar-refractivity contribution is -0.00946. The van der Waals surface area contributed by atoms with E-state index in [9.17, 15) is 9.59 Å². The molecule has 1 saturated heterocycles. The molecule has 1 fully saturated rings. The lowest BCUT2D eigenvalue weighted by atomic mass is 9.71. The average Bonchev–Trinajstić information content (AvgIpc) is 3.39. The molecule has 0 saturated carbocycles. The normalized spacial score (nSPS) is 21.1. The number of amides is 2. The Balaban J connectivity index is 1.42. The van der Waals surface area contributed by atoms with E-state index in [0.29, 0.717) is 24.5 Å². The topological polar surface area (TPSA) is 89.3 Å². The summed E-state index contributed by atoms with van der Waals surface area (Å²) in [5.41, 5.74) is 2.94. The highest BCUT2D eigenvalue weighted by Crippen LogP contribution is 2.52. The van der Waals surface area contributed by atoms with E-state index in [0.717, 1.165) is 18.4 Å². The highest BCUT2D eigenvalue weighted by atomic mass is 16.5. The largest absolute Gasteiger partial charge is 0.378 e. The van der Waals surface area contributed by atoms with Gasteiger partial charge in [-0.1, -0.05) is 30.3 Å². The number of rotatable bonds is 4. The predicted molar refractivity (Wildman–Crippen MR) is 122 cm³/mol. The molecule has 1 aliphatic heterocycles. The van der Waals surface area contributed by atoms with Gasteiger partial charge in [-0.2, -0.15) is 5.10 Å². The number of benzene rings is 1. The molecule has 8 heteroatoms. The van der Waals surface area contributed by atoms with Gasteiger partial charge in [-0.25, -0.2) is 0 Å². The monoisotopic (exact) mass is 445 g/mol. The molecule has 3 heterocycles. The number of carbonyl (C=O) groups is 2. The maximum absolute atomic E-state index is 13.0. The van der Waals surface area contributed by atoms with Crippen LogP contribution in [0.2, 0.25) is 0 Å². The molecule has 33 heavy (non-hydrogen) atoms. The Morgan fingerprint density at radius 2 is 1.82 bits per heavy atom. The summed E-state index contributed by atoms with van der Waals surface area (Å²) < 4.78 is 7.68. The van der Waals surface area contributed by atoms with Gasteiger partial charge >= 0.3 is 0 Å². The number of likely N-dealkylation sites (tertiary alicyclic amines) is 1. The van der Waals surface area contributed by atoms with Crippen molar-refractivity contribution >= 4 is 11.8 Å². The Bertz CT molecular complexity index is 1170. The van der Waals surface area contributed by atoms with E-state index in [1.54, 1.807) is 55.5 Å². The average molecular weight is 446 g/mol. The molecule has 8 nitrogen and oxygen atoms in total. The van der Waals surface area contributed by atoms with Crippen LogP contribution < -0.4 is 5.32 Å². The van der Waals surface area contributed by atoms with E-state index in [1.807, 2.05) is 17.0 Å². The number of aromatic nitrogens is 3. The molecule has 0 bridgehead atoms. The Hall–Kier alpha value is -3.52. The van der Waals surface area contributed by atoms with Crippen LogP contribution in [0.25, 0.3) is 0 Å². The van der Waals surface area contributed by atoms with Gasteiger partial charge in [0.2, 0.25) is 0 Å². The van der Waals surface area contributed by atoms with Crippen molar-refractivity contribution in [2.24, 2.45) is 7.05 Å². The number of nitrogens with zero attached hydrogens (tertiary/aromatic N) is 4. The van der Waals surface area contributed by atoms with E-state index in [2.05, 4.69) is 27.5 Å². The van der Waals surface area contributed by atoms with Crippen molar-refractivity contribution in [1.29, 1.82) is 0 Å². The van der Waals surface area contributed by atoms with Crippen LogP contribution in [-0.4, -0.2) is 57.8 Å². The standard InChI is InChI=1S/C25H27N5O3/c1-29-20(10-14-27-29)24(32)30-15-11-25(12-16-30)18-8-4-3-7-17(18)21(22(25)33-2)28-23(31)19-9-5-6-13-26-19/h3-10,13-14,21-22H,11-12,15-16H2,1-2H3,(H,28,31)/t21-,22+/m1/s1. The van der Waals surface area contributed by atoms with Gasteiger partial charge in [0.05, 0.1) is 12.1 Å². The third kappa shape index (κ3) is 3.51. The van der Waals surface area contributed by atoms with Gasteiger partial charge < -0.3 is 15.0 Å². The molecule has 2 amide bonds. The molecule has 2 aromatic heterocycles. The first-order valence-corrected chi connectivity index (χ1v) is 11.2. The van der Waals surface area contributed by atoms with Crippen molar-refractivity contribution in [1.82, 2.24) is 25.0 Å². The van der Waals surface area contributed by atoms with Crippen LogP contribution in [0.4, 0.5) is 0 Å². The first-order chi connectivity index (χ1) is 16.0. The van der Waals surface area contributed by atoms with Crippen molar-refractivity contribution in [3.63, 3.8) is 0 Å². The second-order valence-electron chi connectivity index (χ2n) is 8.70. The zero-order valence-electron chi connectivity index (χ0n) is 18.8. The Labute approximate surface area is 192 Å². The quantitative estimate of drug-likeness (QED) is 0.667. The highest BCUT2D eigenvalue weighted by molar-refractivity contribution is 5.93. The lowest BCUT2D eigenvalue weighted by Gasteiger charge is -2.44. The Kier molecular flexibility index (Phi) is 5.46. The molecular weight excluding hydrogens is 418 g/mol. The Morgan fingerprint density at radius 3 is 2.48 bits per heavy atom. The van der Waals surface area contributed by atoms with Crippen molar-refractivity contribution < 1.29 is 14.3 Å². The lowest BCUT2D eigenvalue weighted by Crippen LogP contribution is -2.51. The third-order valence-corrected chi connectivity index (χ3v) is 7.10. The zero-order chi connectivity index (χ0) is 23.0. The number of hydrogen-bond donors (Lipinski definition) is 1. The number of hydrogen-bond acceptors (Lipinski definition) is 5. The minimum atomic E-state index is -0.292. The zero-order valence-corrected chi connectivity index (χ0v) is 18.8. The number of pyridine rings is 1. The van der Waals surface area contributed by atoms with Gasteiger partial charge in [-0.15, -0.1) is 0 Å². The Morgan fingerprint density at radius 1 is 1.06 bits per heavy atom. The molecule has 1 N–H and O–H groups in total. The first-order valence-electron chi connectivity index (χ1n) is 11.2. The van der Waals surface area contributed by atoms with Gasteiger partial charge in [0.15, 0.2) is 0 Å². The second kappa shape index (κ2) is 8.44. The van der Waals surface area contributed by atoms with Crippen molar-refractivity contribution in [3.05, 3.63) is 83.4 Å². The number of ether oxygens (including phenoxy) is 1. The molecule has 5 rings (SSSR count). The molecule has 0 radical (unpaired) electrons. The molecule has 3 aromatic rings. The van der Waals surface area contributed by atoms with E-state index in [1.165, 1.54) is 5.56 Å². The SMILES string of the molecule is CO[C@H]1[C@H](NC(=O)c2ccccn2)c2ccccc2C12CCN(C(=O)c1ccnn1C)CC2. The fraction of sp³-hybridized carbons (Fsp3) is 0.360. The van der Waals surface area contributed by atoms with E-state index in [-0.39, 0.29) is 29.4 Å². The fourth-order valence-corrected chi connectivity index (χ4v) is 5.49. The number of carbonyl (C=O) groups excluding carboxylic acids is 2. The highest BCUT2D eigenvalue weighted by Gasteiger charge is 2.54. The van der Waals surface area contributed by atoms with Gasteiger partial charge in [-0.05, 0) is 42.2 Å². The van der Waals surface area contributed by atoms with Gasteiger partial charge in [0.1, 0.15) is 11.4 Å². The van der Waals surface area contributed by atoms with Crippen LogP contribution >= 0.6 is 0 Å². The summed E-state index contributed by atoms with van der Waals surface area (Å²) in [7, 11) is 3.48.